The summed E-state index contributed by atoms with van der Waals surface area (Å²) in [5, 5.41) is 4.87. The van der Waals surface area contributed by atoms with Crippen molar-refractivity contribution >= 4 is 16.9 Å². The maximum Gasteiger partial charge on any atom is 0.193 e. The molecule has 3 rings (SSSR count). The number of fused-ring (bicyclic) bond motifs is 1. The van der Waals surface area contributed by atoms with Crippen molar-refractivity contribution in [1.29, 1.82) is 0 Å². The predicted octanol–water partition coefficient (Wildman–Crippen LogP) is 2.56. The molecule has 2 heterocycles. The number of aromatic amines is 1. The lowest BCUT2D eigenvalue weighted by atomic mass is 10.1. The van der Waals surface area contributed by atoms with Gasteiger partial charge in [-0.15, -0.1) is 0 Å². The first kappa shape index (κ1) is 16.8. The maximum atomic E-state index is 5.28. The molecular weight excluding hydrogens is 300 g/mol. The highest BCUT2D eigenvalue weighted by molar-refractivity contribution is 5.86. The van der Waals surface area contributed by atoms with Crippen LogP contribution in [0, 0.1) is 12.8 Å². The normalized spacial score (nSPS) is 18.5. The number of guanidine groups is 1. The first-order chi connectivity index (χ1) is 11.7. The fourth-order valence-electron chi connectivity index (χ4n) is 3.69. The Labute approximate surface area is 144 Å². The molecule has 1 atom stereocenters. The van der Waals surface area contributed by atoms with Gasteiger partial charge in [0.05, 0.1) is 6.61 Å². The topological polar surface area (TPSA) is 52.7 Å². The van der Waals surface area contributed by atoms with Crippen molar-refractivity contribution in [3.05, 3.63) is 35.5 Å². The third-order valence-corrected chi connectivity index (χ3v) is 4.87. The third-order valence-electron chi connectivity index (χ3n) is 4.87. The molecule has 2 aromatic rings. The molecule has 2 N–H and O–H groups in total. The molecule has 1 fully saturated rings. The monoisotopic (exact) mass is 328 g/mol. The average molecular weight is 328 g/mol. The highest BCUT2D eigenvalue weighted by Crippen LogP contribution is 2.22. The standard InChI is InChI=1S/C19H28N4O/c1-14-5-4-6-17-18(14)16(11-22-17)7-9-21-19(20-2)23-10-8-15(12-23)13-24-3/h4-6,11,15,22H,7-10,12-13H2,1-3H3,(H,20,21). The summed E-state index contributed by atoms with van der Waals surface area (Å²) in [6.07, 6.45) is 4.29. The second-order valence-corrected chi connectivity index (χ2v) is 6.59. The van der Waals surface area contributed by atoms with E-state index < -0.39 is 0 Å². The number of aryl methyl sites for hydroxylation is 1. The summed E-state index contributed by atoms with van der Waals surface area (Å²) in [5.74, 6) is 1.62. The van der Waals surface area contributed by atoms with Crippen LogP contribution in [0.5, 0.6) is 0 Å². The van der Waals surface area contributed by atoms with E-state index in [0.29, 0.717) is 5.92 Å². The van der Waals surface area contributed by atoms with Crippen LogP contribution in [0.25, 0.3) is 10.9 Å². The molecule has 0 aliphatic carbocycles. The van der Waals surface area contributed by atoms with E-state index in [1.54, 1.807) is 7.11 Å². The summed E-state index contributed by atoms with van der Waals surface area (Å²) in [5.41, 5.74) is 3.91. The van der Waals surface area contributed by atoms with Crippen LogP contribution in [-0.4, -0.2) is 56.2 Å². The van der Waals surface area contributed by atoms with Gasteiger partial charge < -0.3 is 19.9 Å². The van der Waals surface area contributed by atoms with E-state index in [1.165, 1.54) is 28.5 Å². The van der Waals surface area contributed by atoms with Crippen molar-refractivity contribution in [2.24, 2.45) is 10.9 Å². The van der Waals surface area contributed by atoms with E-state index in [9.17, 15) is 0 Å². The summed E-state index contributed by atoms with van der Waals surface area (Å²) < 4.78 is 5.28. The number of methoxy groups -OCH3 is 1. The number of nitrogens with one attached hydrogen (secondary N) is 2. The minimum atomic E-state index is 0.616. The summed E-state index contributed by atoms with van der Waals surface area (Å²) >= 11 is 0. The van der Waals surface area contributed by atoms with Gasteiger partial charge in [-0.1, -0.05) is 12.1 Å². The Balaban J connectivity index is 1.57. The lowest BCUT2D eigenvalue weighted by Crippen LogP contribution is -2.41. The third kappa shape index (κ3) is 3.56. The van der Waals surface area contributed by atoms with Crippen molar-refractivity contribution < 1.29 is 4.74 Å². The molecule has 0 saturated carbocycles. The number of likely N-dealkylation sites (tertiary alicyclic amines) is 1. The van der Waals surface area contributed by atoms with Crippen molar-refractivity contribution in [2.75, 3.05) is 40.4 Å². The molecule has 5 heteroatoms. The zero-order chi connectivity index (χ0) is 16.9. The van der Waals surface area contributed by atoms with E-state index in [1.807, 2.05) is 7.05 Å². The largest absolute Gasteiger partial charge is 0.384 e. The average Bonchev–Trinajstić information content (AvgIpc) is 3.20. The Morgan fingerprint density at radius 2 is 2.33 bits per heavy atom. The second kappa shape index (κ2) is 7.71. The summed E-state index contributed by atoms with van der Waals surface area (Å²) in [6, 6.07) is 6.41. The summed E-state index contributed by atoms with van der Waals surface area (Å²) in [4.78, 5) is 10.2. The number of nitrogens with zero attached hydrogens (tertiary/aromatic N) is 2. The molecule has 1 aromatic heterocycles. The molecule has 1 aliphatic rings. The van der Waals surface area contributed by atoms with Gasteiger partial charge in [0.1, 0.15) is 0 Å². The van der Waals surface area contributed by atoms with Gasteiger partial charge in [0, 0.05) is 56.8 Å². The first-order valence-electron chi connectivity index (χ1n) is 8.73. The number of H-pyrrole nitrogens is 1. The quantitative estimate of drug-likeness (QED) is 0.655. The molecule has 0 spiro atoms. The van der Waals surface area contributed by atoms with Crippen LogP contribution in [0.4, 0.5) is 0 Å². The Hall–Kier alpha value is -2.01. The van der Waals surface area contributed by atoms with E-state index in [0.717, 1.165) is 38.6 Å². The van der Waals surface area contributed by atoms with E-state index in [-0.39, 0.29) is 0 Å². The Morgan fingerprint density at radius 1 is 1.46 bits per heavy atom. The van der Waals surface area contributed by atoms with Gasteiger partial charge in [-0.25, -0.2) is 0 Å². The first-order valence-corrected chi connectivity index (χ1v) is 8.73. The molecule has 5 nitrogen and oxygen atoms in total. The highest BCUT2D eigenvalue weighted by atomic mass is 16.5. The lowest BCUT2D eigenvalue weighted by molar-refractivity contribution is 0.157. The SMILES string of the molecule is CN=C(NCCc1c[nH]c2cccc(C)c12)N1CCC(COC)C1. The number of aliphatic imine (C=N–C) groups is 1. The molecule has 130 valence electrons. The lowest BCUT2D eigenvalue weighted by Gasteiger charge is -2.21. The van der Waals surface area contributed by atoms with Crippen molar-refractivity contribution in [3.8, 4) is 0 Å². The Morgan fingerprint density at radius 3 is 3.12 bits per heavy atom. The minimum absolute atomic E-state index is 0.616. The molecule has 1 aliphatic heterocycles. The van der Waals surface area contributed by atoms with Crippen LogP contribution in [0.3, 0.4) is 0 Å². The van der Waals surface area contributed by atoms with Crippen LogP contribution >= 0.6 is 0 Å². The van der Waals surface area contributed by atoms with E-state index in [2.05, 4.69) is 51.5 Å². The smallest absolute Gasteiger partial charge is 0.193 e. The van der Waals surface area contributed by atoms with Crippen LogP contribution in [-0.2, 0) is 11.2 Å². The highest BCUT2D eigenvalue weighted by Gasteiger charge is 2.24. The van der Waals surface area contributed by atoms with Gasteiger partial charge in [-0.3, -0.25) is 4.99 Å². The van der Waals surface area contributed by atoms with E-state index in [4.69, 9.17) is 4.74 Å². The fourth-order valence-corrected chi connectivity index (χ4v) is 3.69. The van der Waals surface area contributed by atoms with Gasteiger partial charge >= 0.3 is 0 Å². The molecule has 0 amide bonds. The minimum Gasteiger partial charge on any atom is -0.384 e. The number of ether oxygens (including phenoxy) is 1. The van der Waals surface area contributed by atoms with Crippen molar-refractivity contribution in [1.82, 2.24) is 15.2 Å². The van der Waals surface area contributed by atoms with Gasteiger partial charge in [0.15, 0.2) is 5.96 Å². The fraction of sp³-hybridized carbons (Fsp3) is 0.526. The van der Waals surface area contributed by atoms with Crippen LogP contribution in [0.1, 0.15) is 17.5 Å². The summed E-state index contributed by atoms with van der Waals surface area (Å²) in [6.45, 7) is 5.98. The number of rotatable bonds is 5. The predicted molar refractivity (Wildman–Crippen MR) is 99.7 cm³/mol. The van der Waals surface area contributed by atoms with Crippen LogP contribution in [0.15, 0.2) is 29.4 Å². The molecule has 24 heavy (non-hydrogen) atoms. The van der Waals surface area contributed by atoms with Gasteiger partial charge in [0.2, 0.25) is 0 Å². The zero-order valence-corrected chi connectivity index (χ0v) is 14.9. The van der Waals surface area contributed by atoms with Gasteiger partial charge in [0.25, 0.3) is 0 Å². The van der Waals surface area contributed by atoms with Crippen molar-refractivity contribution in [3.63, 3.8) is 0 Å². The molecule has 1 unspecified atom stereocenters. The zero-order valence-electron chi connectivity index (χ0n) is 14.9. The number of aromatic nitrogens is 1. The van der Waals surface area contributed by atoms with Crippen LogP contribution in [0.2, 0.25) is 0 Å². The number of hydrogen-bond donors (Lipinski definition) is 2. The number of benzene rings is 1. The Kier molecular flexibility index (Phi) is 5.41. The van der Waals surface area contributed by atoms with Crippen LogP contribution < -0.4 is 5.32 Å². The molecule has 1 aromatic carbocycles. The molecule has 0 bridgehead atoms. The molecule has 1 saturated heterocycles. The van der Waals surface area contributed by atoms with Crippen molar-refractivity contribution in [2.45, 2.75) is 19.8 Å². The Bertz CT molecular complexity index is 706. The molecule has 0 radical (unpaired) electrons. The number of hydrogen-bond acceptors (Lipinski definition) is 2. The molecular formula is C19H28N4O. The van der Waals surface area contributed by atoms with Gasteiger partial charge in [-0.05, 0) is 37.0 Å². The maximum absolute atomic E-state index is 5.28. The van der Waals surface area contributed by atoms with E-state index >= 15 is 0 Å². The van der Waals surface area contributed by atoms with Gasteiger partial charge in [-0.2, -0.15) is 0 Å². The second-order valence-electron chi connectivity index (χ2n) is 6.59. The summed E-state index contributed by atoms with van der Waals surface area (Å²) in [7, 11) is 3.64.